The molecule has 0 unspecified atom stereocenters. The molecule has 0 aromatic heterocycles. The number of nitrogens with zero attached hydrogens (tertiary/aromatic N) is 1. The van der Waals surface area contributed by atoms with Gasteiger partial charge in [-0.15, -0.1) is 0 Å². The van der Waals surface area contributed by atoms with Crippen molar-refractivity contribution in [2.75, 3.05) is 5.43 Å². The van der Waals surface area contributed by atoms with Gasteiger partial charge in [-0.2, -0.15) is 5.10 Å². The van der Waals surface area contributed by atoms with Crippen LogP contribution in [0.2, 0.25) is 0 Å². The predicted octanol–water partition coefficient (Wildman–Crippen LogP) is 4.19. The third-order valence-corrected chi connectivity index (χ3v) is 2.45. The highest BCUT2D eigenvalue weighted by atomic mass is 15.3. The fourth-order valence-electron chi connectivity index (χ4n) is 1.48. The quantitative estimate of drug-likeness (QED) is 0.624. The SMILES string of the molecule is CC(/C=C/c1ccccc1)=N/Nc1ccccc1. The fourth-order valence-corrected chi connectivity index (χ4v) is 1.48. The summed E-state index contributed by atoms with van der Waals surface area (Å²) in [6.07, 6.45) is 4.04. The van der Waals surface area contributed by atoms with Crippen molar-refractivity contribution < 1.29 is 0 Å². The third-order valence-electron chi connectivity index (χ3n) is 2.45. The number of nitrogens with one attached hydrogen (secondary N) is 1. The van der Waals surface area contributed by atoms with E-state index in [1.165, 1.54) is 5.56 Å². The van der Waals surface area contributed by atoms with Gasteiger partial charge < -0.3 is 0 Å². The minimum absolute atomic E-state index is 0.933. The molecule has 0 aliphatic rings. The van der Waals surface area contributed by atoms with Crippen molar-refractivity contribution in [3.05, 3.63) is 72.3 Å². The Morgan fingerprint density at radius 1 is 0.944 bits per heavy atom. The molecule has 0 radical (unpaired) electrons. The van der Waals surface area contributed by atoms with Gasteiger partial charge in [0.1, 0.15) is 0 Å². The number of rotatable bonds is 4. The first-order valence-corrected chi connectivity index (χ1v) is 5.93. The monoisotopic (exact) mass is 236 g/mol. The van der Waals surface area contributed by atoms with Gasteiger partial charge in [-0.25, -0.2) is 0 Å². The Hall–Kier alpha value is -2.35. The molecular formula is C16H16N2. The van der Waals surface area contributed by atoms with E-state index < -0.39 is 0 Å². The molecule has 18 heavy (non-hydrogen) atoms. The summed E-state index contributed by atoms with van der Waals surface area (Å²) in [4.78, 5) is 0. The van der Waals surface area contributed by atoms with Gasteiger partial charge in [-0.05, 0) is 30.7 Å². The molecule has 0 fully saturated rings. The highest BCUT2D eigenvalue weighted by Crippen LogP contribution is 2.05. The van der Waals surface area contributed by atoms with Gasteiger partial charge in [-0.1, -0.05) is 54.6 Å². The number of benzene rings is 2. The largest absolute Gasteiger partial charge is 0.278 e. The summed E-state index contributed by atoms with van der Waals surface area (Å²) in [5.74, 6) is 0. The van der Waals surface area contributed by atoms with Crippen molar-refractivity contribution in [1.29, 1.82) is 0 Å². The fraction of sp³-hybridized carbons (Fsp3) is 0.0625. The zero-order valence-electron chi connectivity index (χ0n) is 10.4. The molecule has 0 aliphatic heterocycles. The molecule has 0 heterocycles. The van der Waals surface area contributed by atoms with Crippen LogP contribution in [0.3, 0.4) is 0 Å². The van der Waals surface area contributed by atoms with E-state index in [4.69, 9.17) is 0 Å². The Labute approximate surface area is 108 Å². The Balaban J connectivity index is 1.96. The minimum Gasteiger partial charge on any atom is -0.278 e. The molecule has 2 aromatic carbocycles. The second kappa shape index (κ2) is 6.40. The summed E-state index contributed by atoms with van der Waals surface area (Å²) in [6.45, 7) is 1.97. The molecule has 0 aliphatic carbocycles. The van der Waals surface area contributed by atoms with E-state index in [1.807, 2.05) is 67.6 Å². The molecule has 2 heteroatoms. The average molecular weight is 236 g/mol. The van der Waals surface area contributed by atoms with E-state index in [1.54, 1.807) is 0 Å². The predicted molar refractivity (Wildman–Crippen MR) is 78.6 cm³/mol. The maximum atomic E-state index is 4.29. The Morgan fingerprint density at radius 3 is 2.22 bits per heavy atom. The third kappa shape index (κ3) is 3.91. The highest BCUT2D eigenvalue weighted by molar-refractivity contribution is 5.96. The van der Waals surface area contributed by atoms with Crippen molar-refractivity contribution in [1.82, 2.24) is 0 Å². The minimum atomic E-state index is 0.933. The molecule has 90 valence electrons. The van der Waals surface area contributed by atoms with Crippen molar-refractivity contribution >= 4 is 17.5 Å². The van der Waals surface area contributed by atoms with Crippen LogP contribution in [-0.2, 0) is 0 Å². The van der Waals surface area contributed by atoms with Crippen molar-refractivity contribution in [2.45, 2.75) is 6.92 Å². The van der Waals surface area contributed by atoms with Gasteiger partial charge in [0.2, 0.25) is 0 Å². The zero-order valence-corrected chi connectivity index (χ0v) is 10.4. The molecule has 0 amide bonds. The van der Waals surface area contributed by atoms with Crippen LogP contribution >= 0.6 is 0 Å². The van der Waals surface area contributed by atoms with Crippen LogP contribution in [-0.4, -0.2) is 5.71 Å². The van der Waals surface area contributed by atoms with Gasteiger partial charge in [0.05, 0.1) is 11.4 Å². The van der Waals surface area contributed by atoms with Crippen LogP contribution in [0.4, 0.5) is 5.69 Å². The number of hydrogen-bond acceptors (Lipinski definition) is 2. The van der Waals surface area contributed by atoms with E-state index in [2.05, 4.69) is 22.7 Å². The molecule has 0 saturated heterocycles. The molecule has 0 saturated carbocycles. The van der Waals surface area contributed by atoms with Gasteiger partial charge in [-0.3, -0.25) is 5.43 Å². The van der Waals surface area contributed by atoms with Crippen LogP contribution in [0.15, 0.2) is 71.8 Å². The van der Waals surface area contributed by atoms with Crippen LogP contribution in [0.1, 0.15) is 12.5 Å². The average Bonchev–Trinajstić information content (AvgIpc) is 2.45. The van der Waals surface area contributed by atoms with Gasteiger partial charge in [0.25, 0.3) is 0 Å². The number of hydrogen-bond donors (Lipinski definition) is 1. The first-order chi connectivity index (χ1) is 8.84. The summed E-state index contributed by atoms with van der Waals surface area (Å²) in [6, 6.07) is 20.1. The second-order valence-corrected chi connectivity index (χ2v) is 3.98. The Bertz CT molecular complexity index is 528. The van der Waals surface area contributed by atoms with Gasteiger partial charge in [0, 0.05) is 0 Å². The molecule has 1 N–H and O–H groups in total. The van der Waals surface area contributed by atoms with Gasteiger partial charge >= 0.3 is 0 Å². The maximum absolute atomic E-state index is 4.29. The lowest BCUT2D eigenvalue weighted by molar-refractivity contribution is 1.33. The van der Waals surface area contributed by atoms with E-state index in [-0.39, 0.29) is 0 Å². The topological polar surface area (TPSA) is 24.4 Å². The number of para-hydroxylation sites is 1. The summed E-state index contributed by atoms with van der Waals surface area (Å²) < 4.78 is 0. The second-order valence-electron chi connectivity index (χ2n) is 3.98. The maximum Gasteiger partial charge on any atom is 0.0576 e. The summed E-state index contributed by atoms with van der Waals surface area (Å²) in [5.41, 5.74) is 6.11. The first kappa shape index (κ1) is 12.1. The van der Waals surface area contributed by atoms with Crippen molar-refractivity contribution in [2.24, 2.45) is 5.10 Å². The highest BCUT2D eigenvalue weighted by Gasteiger charge is 1.88. The first-order valence-electron chi connectivity index (χ1n) is 5.93. The molecule has 2 nitrogen and oxygen atoms in total. The standard InChI is InChI=1S/C16H16N2/c1-14(12-13-15-8-4-2-5-9-15)17-18-16-10-6-3-7-11-16/h2-13,18H,1H3/b13-12+,17-14-. The van der Waals surface area contributed by atoms with Crippen LogP contribution in [0.5, 0.6) is 0 Å². The molecule has 0 bridgehead atoms. The van der Waals surface area contributed by atoms with Gasteiger partial charge in [0.15, 0.2) is 0 Å². The van der Waals surface area contributed by atoms with E-state index >= 15 is 0 Å². The molecule has 2 rings (SSSR count). The molecule has 0 spiro atoms. The lowest BCUT2D eigenvalue weighted by Crippen LogP contribution is -1.93. The summed E-state index contributed by atoms with van der Waals surface area (Å²) in [7, 11) is 0. The van der Waals surface area contributed by atoms with Crippen molar-refractivity contribution in [3.63, 3.8) is 0 Å². The molecule has 2 aromatic rings. The van der Waals surface area contributed by atoms with E-state index in [9.17, 15) is 0 Å². The lowest BCUT2D eigenvalue weighted by atomic mass is 10.2. The van der Waals surface area contributed by atoms with Crippen LogP contribution in [0.25, 0.3) is 6.08 Å². The van der Waals surface area contributed by atoms with E-state index in [0.29, 0.717) is 0 Å². The normalized spacial score (nSPS) is 11.7. The van der Waals surface area contributed by atoms with Crippen molar-refractivity contribution in [3.8, 4) is 0 Å². The smallest absolute Gasteiger partial charge is 0.0576 e. The molecule has 0 atom stereocenters. The Morgan fingerprint density at radius 2 is 1.56 bits per heavy atom. The lowest BCUT2D eigenvalue weighted by Gasteiger charge is -1.99. The summed E-state index contributed by atoms with van der Waals surface area (Å²) in [5, 5.41) is 4.29. The van der Waals surface area contributed by atoms with E-state index in [0.717, 1.165) is 11.4 Å². The number of anilines is 1. The number of hydrazone groups is 1. The Kier molecular flexibility index (Phi) is 4.31. The number of allylic oxidation sites excluding steroid dienone is 1. The van der Waals surface area contributed by atoms with Crippen LogP contribution in [0, 0.1) is 0 Å². The molecular weight excluding hydrogens is 220 g/mol. The van der Waals surface area contributed by atoms with Crippen LogP contribution < -0.4 is 5.43 Å². The zero-order chi connectivity index (χ0) is 12.6. The summed E-state index contributed by atoms with van der Waals surface area (Å²) >= 11 is 0.